The Bertz CT molecular complexity index is 348. The molecule has 0 bridgehead atoms. The summed E-state index contributed by atoms with van der Waals surface area (Å²) >= 11 is 0. The Morgan fingerprint density at radius 3 is 2.05 bits per heavy atom. The van der Waals surface area contributed by atoms with E-state index in [4.69, 9.17) is 9.84 Å². The van der Waals surface area contributed by atoms with Crippen LogP contribution in [0.2, 0.25) is 0 Å². The van der Waals surface area contributed by atoms with Crippen molar-refractivity contribution in [1.29, 1.82) is 0 Å². The van der Waals surface area contributed by atoms with Crippen LogP contribution in [-0.2, 0) is 9.53 Å². The summed E-state index contributed by atoms with van der Waals surface area (Å²) in [4.78, 5) is 22.7. The van der Waals surface area contributed by atoms with Crippen LogP contribution in [0.4, 0.5) is 4.79 Å². The number of alkyl carbamates (subject to hydrolysis) is 1. The molecule has 0 unspecified atom stereocenters. The molecule has 0 aromatic carbocycles. The first-order chi connectivity index (χ1) is 9.42. The van der Waals surface area contributed by atoms with E-state index in [9.17, 15) is 14.7 Å². The van der Waals surface area contributed by atoms with Crippen LogP contribution in [0.15, 0.2) is 0 Å². The lowest BCUT2D eigenvalue weighted by Crippen LogP contribution is -2.46. The Morgan fingerprint density at radius 1 is 1.14 bits per heavy atom. The molecule has 0 spiro atoms. The van der Waals surface area contributed by atoms with Crippen molar-refractivity contribution in [1.82, 2.24) is 5.32 Å². The molecular weight excluding hydrogens is 274 g/mol. The Morgan fingerprint density at radius 2 is 1.67 bits per heavy atom. The first kappa shape index (κ1) is 19.7. The molecule has 0 aliphatic rings. The van der Waals surface area contributed by atoms with Crippen molar-refractivity contribution >= 4 is 12.1 Å². The van der Waals surface area contributed by atoms with Crippen LogP contribution in [0, 0.1) is 11.8 Å². The van der Waals surface area contributed by atoms with Gasteiger partial charge in [-0.15, -0.1) is 0 Å². The van der Waals surface area contributed by atoms with E-state index >= 15 is 0 Å². The second-order valence-electron chi connectivity index (χ2n) is 6.92. The number of nitrogens with one attached hydrogen (secondary N) is 1. The van der Waals surface area contributed by atoms with E-state index in [1.54, 1.807) is 20.8 Å². The van der Waals surface area contributed by atoms with E-state index in [1.165, 1.54) is 6.92 Å². The normalized spacial score (nSPS) is 16.2. The zero-order valence-electron chi connectivity index (χ0n) is 13.8. The summed E-state index contributed by atoms with van der Waals surface area (Å²) in [5, 5.41) is 21.7. The van der Waals surface area contributed by atoms with E-state index in [-0.39, 0.29) is 12.3 Å². The number of amides is 1. The van der Waals surface area contributed by atoms with Crippen molar-refractivity contribution in [3.63, 3.8) is 0 Å². The first-order valence-electron chi connectivity index (χ1n) is 7.32. The summed E-state index contributed by atoms with van der Waals surface area (Å²) < 4.78 is 5.17. The minimum absolute atomic E-state index is 0.0858. The van der Waals surface area contributed by atoms with Crippen LogP contribution in [0.5, 0.6) is 0 Å². The second-order valence-corrected chi connectivity index (χ2v) is 6.92. The third kappa shape index (κ3) is 9.28. The third-order valence-corrected chi connectivity index (χ3v) is 2.91. The second kappa shape index (κ2) is 8.22. The Hall–Kier alpha value is -1.30. The zero-order valence-corrected chi connectivity index (χ0v) is 13.8. The monoisotopic (exact) mass is 303 g/mol. The smallest absolute Gasteiger partial charge is 0.407 e. The number of carboxylic acid groups (broad SMARTS) is 1. The number of hydrogen-bond donors (Lipinski definition) is 3. The van der Waals surface area contributed by atoms with Crippen molar-refractivity contribution in [2.75, 3.05) is 0 Å². The summed E-state index contributed by atoms with van der Waals surface area (Å²) in [5.41, 5.74) is -0.619. The van der Waals surface area contributed by atoms with Crippen molar-refractivity contribution in [2.24, 2.45) is 11.8 Å². The fourth-order valence-corrected chi connectivity index (χ4v) is 1.91. The maximum absolute atomic E-state index is 11.8. The van der Waals surface area contributed by atoms with Gasteiger partial charge < -0.3 is 20.3 Å². The summed E-state index contributed by atoms with van der Waals surface area (Å²) in [6.07, 6.45) is -0.892. The van der Waals surface area contributed by atoms with Crippen molar-refractivity contribution < 1.29 is 24.5 Å². The van der Waals surface area contributed by atoms with Crippen LogP contribution in [0.1, 0.15) is 54.4 Å². The van der Waals surface area contributed by atoms with Crippen LogP contribution in [0.25, 0.3) is 0 Å². The third-order valence-electron chi connectivity index (χ3n) is 2.91. The molecule has 6 heteroatoms. The fourth-order valence-electron chi connectivity index (χ4n) is 1.91. The molecule has 0 aromatic rings. The van der Waals surface area contributed by atoms with Gasteiger partial charge in [0, 0.05) is 0 Å². The van der Waals surface area contributed by atoms with Gasteiger partial charge in [0.25, 0.3) is 0 Å². The van der Waals surface area contributed by atoms with Crippen LogP contribution < -0.4 is 5.32 Å². The average molecular weight is 303 g/mol. The molecule has 1 amide bonds. The van der Waals surface area contributed by atoms with E-state index in [0.717, 1.165) is 0 Å². The first-order valence-corrected chi connectivity index (χ1v) is 7.32. The van der Waals surface area contributed by atoms with Gasteiger partial charge >= 0.3 is 12.1 Å². The lowest BCUT2D eigenvalue weighted by Gasteiger charge is -2.28. The van der Waals surface area contributed by atoms with Gasteiger partial charge in [0.15, 0.2) is 0 Å². The standard InChI is InChI=1S/C15H29NO5/c1-9(2)7-11(12(17)8-10(3)13(18)19)16-14(20)21-15(4,5)6/h9-12,17H,7-8H2,1-6H3,(H,16,20)(H,18,19)/t10-,11+,12+/m1/s1. The van der Waals surface area contributed by atoms with E-state index in [2.05, 4.69) is 5.32 Å². The van der Waals surface area contributed by atoms with E-state index in [0.29, 0.717) is 6.42 Å². The molecule has 0 fully saturated rings. The molecule has 0 radical (unpaired) electrons. The van der Waals surface area contributed by atoms with Gasteiger partial charge in [-0.2, -0.15) is 0 Å². The van der Waals surface area contributed by atoms with Gasteiger partial charge in [-0.05, 0) is 39.5 Å². The SMILES string of the molecule is CC(C)C[C@H](NC(=O)OC(C)(C)C)[C@@H](O)C[C@@H](C)C(=O)O. The minimum Gasteiger partial charge on any atom is -0.481 e. The Kier molecular flexibility index (Phi) is 7.71. The highest BCUT2D eigenvalue weighted by molar-refractivity contribution is 5.69. The molecule has 0 saturated carbocycles. The Balaban J connectivity index is 4.71. The highest BCUT2D eigenvalue weighted by Crippen LogP contribution is 2.16. The van der Waals surface area contributed by atoms with Gasteiger partial charge in [-0.3, -0.25) is 4.79 Å². The molecular formula is C15H29NO5. The number of carbonyl (C=O) groups is 2. The number of carboxylic acids is 1. The van der Waals surface area contributed by atoms with Gasteiger partial charge in [0.1, 0.15) is 5.60 Å². The van der Waals surface area contributed by atoms with Crippen LogP contribution >= 0.6 is 0 Å². The van der Waals surface area contributed by atoms with Crippen LogP contribution in [0.3, 0.4) is 0 Å². The topological polar surface area (TPSA) is 95.9 Å². The molecule has 0 rings (SSSR count). The maximum atomic E-state index is 11.8. The molecule has 3 atom stereocenters. The lowest BCUT2D eigenvalue weighted by atomic mass is 9.93. The van der Waals surface area contributed by atoms with Gasteiger partial charge in [-0.1, -0.05) is 20.8 Å². The number of aliphatic hydroxyl groups excluding tert-OH is 1. The Labute approximate surface area is 126 Å². The fraction of sp³-hybridized carbons (Fsp3) is 0.867. The van der Waals surface area contributed by atoms with Gasteiger partial charge in [0.2, 0.25) is 0 Å². The van der Waals surface area contributed by atoms with Gasteiger partial charge in [-0.25, -0.2) is 4.79 Å². The number of hydrogen-bond acceptors (Lipinski definition) is 4. The summed E-state index contributed by atoms with van der Waals surface area (Å²) in [5.74, 6) is -1.38. The molecule has 21 heavy (non-hydrogen) atoms. The van der Waals surface area contributed by atoms with E-state index in [1.807, 2.05) is 13.8 Å². The molecule has 0 aliphatic heterocycles. The quantitative estimate of drug-likeness (QED) is 0.671. The molecule has 0 saturated heterocycles. The number of ether oxygens (including phenoxy) is 1. The molecule has 3 N–H and O–H groups in total. The molecule has 0 aliphatic carbocycles. The molecule has 0 heterocycles. The van der Waals surface area contributed by atoms with Crippen molar-refractivity contribution in [2.45, 2.75) is 72.1 Å². The number of carbonyl (C=O) groups excluding carboxylic acids is 1. The largest absolute Gasteiger partial charge is 0.481 e. The zero-order chi connectivity index (χ0) is 16.8. The number of rotatable bonds is 7. The minimum atomic E-state index is -0.963. The molecule has 0 aromatic heterocycles. The molecule has 124 valence electrons. The lowest BCUT2D eigenvalue weighted by molar-refractivity contribution is -0.142. The highest BCUT2D eigenvalue weighted by atomic mass is 16.6. The molecule has 6 nitrogen and oxygen atoms in total. The highest BCUT2D eigenvalue weighted by Gasteiger charge is 2.28. The maximum Gasteiger partial charge on any atom is 0.407 e. The van der Waals surface area contributed by atoms with Crippen molar-refractivity contribution in [3.05, 3.63) is 0 Å². The summed E-state index contributed by atoms with van der Waals surface area (Å²) in [6, 6.07) is -0.526. The average Bonchev–Trinajstić information content (AvgIpc) is 2.24. The summed E-state index contributed by atoms with van der Waals surface area (Å²) in [7, 11) is 0. The van der Waals surface area contributed by atoms with Crippen LogP contribution in [-0.4, -0.2) is 40.0 Å². The number of aliphatic carboxylic acids is 1. The van der Waals surface area contributed by atoms with Gasteiger partial charge in [0.05, 0.1) is 18.1 Å². The summed E-state index contributed by atoms with van der Waals surface area (Å²) in [6.45, 7) is 10.7. The van der Waals surface area contributed by atoms with Crippen molar-refractivity contribution in [3.8, 4) is 0 Å². The number of aliphatic hydroxyl groups is 1. The van der Waals surface area contributed by atoms with E-state index < -0.39 is 35.7 Å². The predicted octanol–water partition coefficient (Wildman–Crippen LogP) is 2.40. The predicted molar refractivity (Wildman–Crippen MR) is 80.0 cm³/mol.